The summed E-state index contributed by atoms with van der Waals surface area (Å²) >= 11 is 1.71. The molecule has 0 fully saturated rings. The lowest BCUT2D eigenvalue weighted by atomic mass is 9.81. The maximum Gasteiger partial charge on any atom is 0.311 e. The first-order valence-electron chi connectivity index (χ1n) is 7.61. The van der Waals surface area contributed by atoms with Gasteiger partial charge in [-0.3, -0.25) is 9.59 Å². The van der Waals surface area contributed by atoms with Crippen molar-refractivity contribution in [2.24, 2.45) is 5.41 Å². The van der Waals surface area contributed by atoms with Crippen LogP contribution in [0.15, 0.2) is 11.4 Å². The number of nitrogens with one attached hydrogen (secondary N) is 1. The van der Waals surface area contributed by atoms with Gasteiger partial charge in [0.1, 0.15) is 0 Å². The molecule has 0 aromatic carbocycles. The number of carbonyl (C=O) groups is 2. The van der Waals surface area contributed by atoms with Crippen molar-refractivity contribution >= 4 is 23.2 Å². The monoisotopic (exact) mass is 309 g/mol. The molecule has 2 rings (SSSR count). The minimum absolute atomic E-state index is 0.0260. The van der Waals surface area contributed by atoms with Crippen molar-refractivity contribution in [1.29, 1.82) is 0 Å². The van der Waals surface area contributed by atoms with Crippen molar-refractivity contribution in [3.8, 4) is 0 Å². The van der Waals surface area contributed by atoms with Gasteiger partial charge < -0.3 is 10.4 Å². The summed E-state index contributed by atoms with van der Waals surface area (Å²) in [5.41, 5.74) is 0.291. The van der Waals surface area contributed by atoms with Crippen LogP contribution in [0.5, 0.6) is 0 Å². The molecule has 0 spiro atoms. The van der Waals surface area contributed by atoms with Crippen molar-refractivity contribution in [3.63, 3.8) is 0 Å². The van der Waals surface area contributed by atoms with E-state index in [0.717, 1.165) is 24.8 Å². The number of rotatable bonds is 6. The number of carboxylic acids is 1. The van der Waals surface area contributed by atoms with Gasteiger partial charge >= 0.3 is 5.97 Å². The van der Waals surface area contributed by atoms with Gasteiger partial charge in [0.25, 0.3) is 0 Å². The minimum Gasteiger partial charge on any atom is -0.481 e. The first-order valence-corrected chi connectivity index (χ1v) is 8.49. The van der Waals surface area contributed by atoms with E-state index in [2.05, 4.69) is 5.32 Å². The number of aryl methyl sites for hydroxylation is 1. The van der Waals surface area contributed by atoms with Crippen molar-refractivity contribution in [1.82, 2.24) is 5.32 Å². The van der Waals surface area contributed by atoms with Gasteiger partial charge in [-0.05, 0) is 49.1 Å². The van der Waals surface area contributed by atoms with Gasteiger partial charge in [-0.1, -0.05) is 13.8 Å². The van der Waals surface area contributed by atoms with E-state index < -0.39 is 11.4 Å². The fourth-order valence-corrected chi connectivity index (χ4v) is 4.00. The number of carboxylic acid groups (broad SMARTS) is 1. The number of hydrogen-bond donors (Lipinski definition) is 2. The molecule has 1 unspecified atom stereocenters. The largest absolute Gasteiger partial charge is 0.481 e. The van der Waals surface area contributed by atoms with Crippen LogP contribution in [-0.4, -0.2) is 23.5 Å². The van der Waals surface area contributed by atoms with Crippen LogP contribution in [0.2, 0.25) is 0 Å². The molecule has 1 aliphatic rings. The molecule has 0 bridgehead atoms. The quantitative estimate of drug-likeness (QED) is 0.848. The molecule has 1 aliphatic carbocycles. The van der Waals surface area contributed by atoms with Crippen LogP contribution < -0.4 is 5.32 Å². The number of aliphatic carboxylic acids is 1. The molecule has 1 heterocycles. The number of carbonyl (C=O) groups excluding carboxylic acids is 1. The third kappa shape index (κ3) is 3.12. The lowest BCUT2D eigenvalue weighted by Crippen LogP contribution is -2.44. The summed E-state index contributed by atoms with van der Waals surface area (Å²) in [4.78, 5) is 25.2. The third-order valence-corrected chi connectivity index (χ3v) is 5.77. The smallest absolute Gasteiger partial charge is 0.311 e. The zero-order valence-corrected chi connectivity index (χ0v) is 13.5. The lowest BCUT2D eigenvalue weighted by Gasteiger charge is -2.29. The predicted molar refractivity (Wildman–Crippen MR) is 83.7 cm³/mol. The Labute approximate surface area is 129 Å². The topological polar surface area (TPSA) is 66.4 Å². The van der Waals surface area contributed by atoms with Gasteiger partial charge in [-0.15, -0.1) is 11.3 Å². The molecule has 2 N–H and O–H groups in total. The summed E-state index contributed by atoms with van der Waals surface area (Å²) < 4.78 is 0. The van der Waals surface area contributed by atoms with Gasteiger partial charge in [-0.2, -0.15) is 0 Å². The van der Waals surface area contributed by atoms with E-state index in [1.165, 1.54) is 4.88 Å². The Hall–Kier alpha value is -1.36. The summed E-state index contributed by atoms with van der Waals surface area (Å²) in [6, 6.07) is 2.04. The summed E-state index contributed by atoms with van der Waals surface area (Å²) in [5, 5.41) is 14.4. The molecule has 1 aromatic rings. The summed E-state index contributed by atoms with van der Waals surface area (Å²) in [6.07, 6.45) is 3.98. The maximum absolute atomic E-state index is 12.5. The van der Waals surface area contributed by atoms with Gasteiger partial charge in [0.05, 0.1) is 11.3 Å². The Morgan fingerprint density at radius 2 is 2.14 bits per heavy atom. The van der Waals surface area contributed by atoms with E-state index in [1.807, 2.05) is 25.3 Å². The summed E-state index contributed by atoms with van der Waals surface area (Å²) in [5.74, 6) is -0.963. The van der Waals surface area contributed by atoms with Crippen molar-refractivity contribution < 1.29 is 14.7 Å². The number of thiophene rings is 1. The second kappa shape index (κ2) is 6.60. The molecular weight excluding hydrogens is 286 g/mol. The predicted octanol–water partition coefficient (Wildman–Crippen LogP) is 3.18. The van der Waals surface area contributed by atoms with Crippen LogP contribution in [0, 0.1) is 5.41 Å². The van der Waals surface area contributed by atoms with E-state index in [0.29, 0.717) is 12.8 Å². The van der Waals surface area contributed by atoms with Crippen molar-refractivity contribution in [2.75, 3.05) is 6.54 Å². The van der Waals surface area contributed by atoms with Crippen LogP contribution in [-0.2, 0) is 16.0 Å². The maximum atomic E-state index is 12.5. The van der Waals surface area contributed by atoms with Crippen molar-refractivity contribution in [2.45, 2.75) is 51.9 Å². The van der Waals surface area contributed by atoms with Crippen LogP contribution >= 0.6 is 11.3 Å². The molecule has 1 atom stereocenters. The number of amides is 1. The molecule has 0 saturated carbocycles. The van der Waals surface area contributed by atoms with Crippen LogP contribution in [0.3, 0.4) is 0 Å². The summed E-state index contributed by atoms with van der Waals surface area (Å²) in [7, 11) is 0. The lowest BCUT2D eigenvalue weighted by molar-refractivity contribution is -0.149. The highest BCUT2D eigenvalue weighted by Gasteiger charge is 2.36. The first-order chi connectivity index (χ1) is 10.0. The van der Waals surface area contributed by atoms with E-state index in [1.54, 1.807) is 11.3 Å². The minimum atomic E-state index is -0.845. The molecule has 116 valence electrons. The van der Waals surface area contributed by atoms with E-state index >= 15 is 0 Å². The summed E-state index contributed by atoms with van der Waals surface area (Å²) in [6.45, 7) is 3.94. The zero-order valence-electron chi connectivity index (χ0n) is 12.6. The number of hydrogen-bond acceptors (Lipinski definition) is 3. The Balaban J connectivity index is 2.05. The fraction of sp³-hybridized carbons (Fsp3) is 0.625. The highest BCUT2D eigenvalue weighted by molar-refractivity contribution is 7.10. The van der Waals surface area contributed by atoms with Gasteiger partial charge in [0.15, 0.2) is 0 Å². The van der Waals surface area contributed by atoms with E-state index in [4.69, 9.17) is 0 Å². The Kier molecular flexibility index (Phi) is 5.04. The second-order valence-electron chi connectivity index (χ2n) is 5.75. The molecule has 0 radical (unpaired) electrons. The Morgan fingerprint density at radius 1 is 1.43 bits per heavy atom. The van der Waals surface area contributed by atoms with E-state index in [9.17, 15) is 14.7 Å². The van der Waals surface area contributed by atoms with Gasteiger partial charge in [0.2, 0.25) is 5.91 Å². The molecule has 5 heteroatoms. The van der Waals surface area contributed by atoms with Gasteiger partial charge in [0, 0.05) is 11.4 Å². The molecule has 21 heavy (non-hydrogen) atoms. The van der Waals surface area contributed by atoms with Crippen molar-refractivity contribution in [3.05, 3.63) is 21.9 Å². The van der Waals surface area contributed by atoms with Gasteiger partial charge in [-0.25, -0.2) is 0 Å². The highest BCUT2D eigenvalue weighted by Crippen LogP contribution is 2.35. The standard InChI is InChI=1S/C16H23NO3S/c1-3-16(4-2,15(19)20)10-17-14(18)12-6-5-7-13-11(12)8-9-21-13/h8-9,12H,3-7,10H2,1-2H3,(H,17,18)(H,19,20). The first kappa shape index (κ1) is 16.0. The third-order valence-electron chi connectivity index (χ3n) is 4.78. The van der Waals surface area contributed by atoms with Crippen LogP contribution in [0.25, 0.3) is 0 Å². The Bertz CT molecular complexity index is 519. The average Bonchev–Trinajstić information content (AvgIpc) is 2.96. The van der Waals surface area contributed by atoms with E-state index in [-0.39, 0.29) is 18.4 Å². The normalized spacial score (nSPS) is 18.1. The molecule has 0 saturated heterocycles. The molecule has 1 aromatic heterocycles. The highest BCUT2D eigenvalue weighted by atomic mass is 32.1. The molecule has 4 nitrogen and oxygen atoms in total. The fourth-order valence-electron chi connectivity index (χ4n) is 3.02. The Morgan fingerprint density at radius 3 is 2.76 bits per heavy atom. The van der Waals surface area contributed by atoms with Crippen LogP contribution in [0.1, 0.15) is 55.9 Å². The SMILES string of the molecule is CCC(CC)(CNC(=O)C1CCCc2sccc21)C(=O)O. The molecule has 0 aliphatic heterocycles. The molecule has 1 amide bonds. The van der Waals surface area contributed by atoms with Crippen LogP contribution in [0.4, 0.5) is 0 Å². The average molecular weight is 309 g/mol. The number of fused-ring (bicyclic) bond motifs is 1. The zero-order chi connectivity index (χ0) is 15.5. The molecular formula is C16H23NO3S. The second-order valence-corrected chi connectivity index (χ2v) is 6.75.